The third-order valence-electron chi connectivity index (χ3n) is 10.3. The average Bonchev–Trinajstić information content (AvgIpc) is 4.05. The molecule has 0 N–H and O–H groups in total. The molecule has 0 fully saturated rings. The summed E-state index contributed by atoms with van der Waals surface area (Å²) in [5.41, 5.74) is 7.68. The number of benzene rings is 2. The standard InChI is InChI=1S/C47H30S8/c1-27-7-9-29-30-10-8-28(2)26-32(30)47(31(29)25-27,45-21-19-43(54-45)41-17-15-39(52-41)37-13-11-35(50-37)33-5-3-23-48-33)46-22-20-44(55-46)42-18-16-40(53-42)38-14-12-36(51-38)34-6-4-24-49-34/h3-26H,1-2H3. The Balaban J connectivity index is 1.01. The Labute approximate surface area is 352 Å². The van der Waals surface area contributed by atoms with Crippen LogP contribution in [0.3, 0.4) is 0 Å². The first-order valence-electron chi connectivity index (χ1n) is 17.9. The van der Waals surface area contributed by atoms with E-state index >= 15 is 0 Å². The SMILES string of the molecule is Cc1ccc2c(c1)C(c1ccc(-c3ccc(-c4ccc(-c5cccs5)s4)s3)s1)(c1ccc(-c3ccc(-c4ccc(-c5cccs5)s4)s3)s1)c1cc(C)ccc1-2. The Bertz CT molecular complexity index is 2760. The van der Waals surface area contributed by atoms with Gasteiger partial charge in [-0.1, -0.05) is 59.7 Å². The molecule has 0 atom stereocenters. The fourth-order valence-corrected chi connectivity index (χ4v) is 16.4. The highest BCUT2D eigenvalue weighted by Crippen LogP contribution is 2.60. The van der Waals surface area contributed by atoms with Crippen molar-refractivity contribution >= 4 is 90.7 Å². The Morgan fingerprint density at radius 1 is 0.327 bits per heavy atom. The monoisotopic (exact) mass is 850 g/mol. The van der Waals surface area contributed by atoms with E-state index in [1.54, 1.807) is 0 Å². The molecule has 0 amide bonds. The molecule has 11 rings (SSSR count). The molecule has 0 nitrogen and oxygen atoms in total. The lowest BCUT2D eigenvalue weighted by molar-refractivity contribution is 0.805. The number of hydrogen-bond donors (Lipinski definition) is 0. The van der Waals surface area contributed by atoms with E-state index in [1.165, 1.54) is 102 Å². The Morgan fingerprint density at radius 2 is 0.655 bits per heavy atom. The quantitative estimate of drug-likeness (QED) is 0.143. The molecule has 0 unspecified atom stereocenters. The van der Waals surface area contributed by atoms with Gasteiger partial charge in [-0.15, -0.1) is 90.7 Å². The zero-order valence-electron chi connectivity index (χ0n) is 29.6. The van der Waals surface area contributed by atoms with E-state index in [2.05, 4.69) is 158 Å². The number of thiophene rings is 8. The predicted molar refractivity (Wildman–Crippen MR) is 249 cm³/mol. The summed E-state index contributed by atoms with van der Waals surface area (Å²) in [6.45, 7) is 4.48. The smallest absolute Gasteiger partial charge is 0.0900 e. The topological polar surface area (TPSA) is 0 Å². The van der Waals surface area contributed by atoms with E-state index in [-0.39, 0.29) is 0 Å². The van der Waals surface area contributed by atoms with Crippen molar-refractivity contribution in [1.82, 2.24) is 0 Å². The van der Waals surface area contributed by atoms with Gasteiger partial charge in [0, 0.05) is 68.3 Å². The van der Waals surface area contributed by atoms with Crippen LogP contribution >= 0.6 is 90.7 Å². The highest BCUT2D eigenvalue weighted by atomic mass is 32.1. The Hall–Kier alpha value is -3.96. The first-order chi connectivity index (χ1) is 27.0. The highest BCUT2D eigenvalue weighted by Gasteiger charge is 2.48. The molecule has 0 radical (unpaired) electrons. The Morgan fingerprint density at radius 3 is 1.00 bits per heavy atom. The van der Waals surface area contributed by atoms with Gasteiger partial charge in [0.15, 0.2) is 0 Å². The van der Waals surface area contributed by atoms with Gasteiger partial charge < -0.3 is 0 Å². The van der Waals surface area contributed by atoms with Gasteiger partial charge >= 0.3 is 0 Å². The van der Waals surface area contributed by atoms with Gasteiger partial charge in [0.25, 0.3) is 0 Å². The second-order valence-electron chi connectivity index (χ2n) is 13.8. The van der Waals surface area contributed by atoms with Crippen LogP contribution < -0.4 is 0 Å². The summed E-state index contributed by atoms with van der Waals surface area (Å²) in [5, 5.41) is 4.32. The zero-order chi connectivity index (χ0) is 36.7. The highest BCUT2D eigenvalue weighted by molar-refractivity contribution is 7.29. The maximum atomic E-state index is 2.46. The minimum absolute atomic E-state index is 0.401. The second kappa shape index (κ2) is 13.6. The second-order valence-corrected chi connectivity index (χ2v) is 22.2. The molecule has 55 heavy (non-hydrogen) atoms. The van der Waals surface area contributed by atoms with E-state index < -0.39 is 5.41 Å². The van der Waals surface area contributed by atoms with Gasteiger partial charge in [0.1, 0.15) is 0 Å². The molecule has 0 saturated heterocycles. The summed E-state index contributed by atoms with van der Waals surface area (Å²) in [7, 11) is 0. The minimum Gasteiger partial charge on any atom is -0.143 e. The number of fused-ring (bicyclic) bond motifs is 3. The molecule has 8 heterocycles. The van der Waals surface area contributed by atoms with Gasteiger partial charge in [-0.2, -0.15) is 0 Å². The lowest BCUT2D eigenvalue weighted by Crippen LogP contribution is -2.26. The van der Waals surface area contributed by atoms with Crippen molar-refractivity contribution in [3.05, 3.63) is 176 Å². The third kappa shape index (κ3) is 5.72. The molecule has 0 aliphatic heterocycles. The molecular formula is C47H30S8. The van der Waals surface area contributed by atoms with Crippen LogP contribution in [0.2, 0.25) is 0 Å². The van der Waals surface area contributed by atoms with Gasteiger partial charge in [0.05, 0.1) is 5.41 Å². The lowest BCUT2D eigenvalue weighted by Gasteiger charge is -2.31. The van der Waals surface area contributed by atoms with Crippen molar-refractivity contribution in [2.24, 2.45) is 0 Å². The predicted octanol–water partition coefficient (Wildman–Crippen LogP) is 17.2. The van der Waals surface area contributed by atoms with Crippen LogP contribution in [0.15, 0.2) is 144 Å². The molecule has 8 heteroatoms. The summed E-state index contributed by atoms with van der Waals surface area (Å²) in [6.07, 6.45) is 0. The van der Waals surface area contributed by atoms with E-state index in [4.69, 9.17) is 0 Å². The zero-order valence-corrected chi connectivity index (χ0v) is 36.2. The van der Waals surface area contributed by atoms with Crippen LogP contribution in [0.4, 0.5) is 0 Å². The maximum Gasteiger partial charge on any atom is 0.0900 e. The number of aryl methyl sites for hydroxylation is 2. The molecule has 0 saturated carbocycles. The summed E-state index contributed by atoms with van der Waals surface area (Å²) < 4.78 is 0. The minimum atomic E-state index is -0.401. The van der Waals surface area contributed by atoms with E-state index in [9.17, 15) is 0 Å². The van der Waals surface area contributed by atoms with Crippen LogP contribution in [-0.2, 0) is 5.41 Å². The first-order valence-corrected chi connectivity index (χ1v) is 24.6. The van der Waals surface area contributed by atoms with Crippen molar-refractivity contribution in [3.8, 4) is 69.7 Å². The van der Waals surface area contributed by atoms with Crippen molar-refractivity contribution in [2.75, 3.05) is 0 Å². The van der Waals surface area contributed by atoms with Crippen LogP contribution in [0.25, 0.3) is 69.7 Å². The molecular weight excluding hydrogens is 821 g/mol. The molecule has 2 aromatic carbocycles. The van der Waals surface area contributed by atoms with Crippen LogP contribution in [0, 0.1) is 13.8 Å². The van der Waals surface area contributed by atoms with Crippen molar-refractivity contribution in [3.63, 3.8) is 0 Å². The van der Waals surface area contributed by atoms with Crippen molar-refractivity contribution in [1.29, 1.82) is 0 Å². The maximum absolute atomic E-state index is 2.46. The Kier molecular flexibility index (Phi) is 8.49. The fourth-order valence-electron chi connectivity index (χ4n) is 7.80. The van der Waals surface area contributed by atoms with E-state index in [1.807, 2.05) is 90.7 Å². The molecule has 0 spiro atoms. The van der Waals surface area contributed by atoms with Gasteiger partial charge in [0.2, 0.25) is 0 Å². The fraction of sp³-hybridized carbons (Fsp3) is 0.0638. The van der Waals surface area contributed by atoms with Crippen LogP contribution in [0.1, 0.15) is 32.0 Å². The van der Waals surface area contributed by atoms with Crippen LogP contribution in [-0.4, -0.2) is 0 Å². The van der Waals surface area contributed by atoms with Crippen molar-refractivity contribution in [2.45, 2.75) is 19.3 Å². The summed E-state index contributed by atoms with van der Waals surface area (Å²) >= 11 is 15.1. The van der Waals surface area contributed by atoms with Gasteiger partial charge in [-0.3, -0.25) is 0 Å². The normalized spacial score (nSPS) is 13.1. The van der Waals surface area contributed by atoms with Crippen LogP contribution in [0.5, 0.6) is 0 Å². The summed E-state index contributed by atoms with van der Waals surface area (Å²) in [4.78, 5) is 18.8. The lowest BCUT2D eigenvalue weighted by atomic mass is 9.75. The molecule has 10 aromatic rings. The average molecular weight is 851 g/mol. The molecule has 1 aliphatic rings. The molecule has 8 aromatic heterocycles. The van der Waals surface area contributed by atoms with Gasteiger partial charge in [-0.25, -0.2) is 0 Å². The number of rotatable bonds is 8. The van der Waals surface area contributed by atoms with E-state index in [0.717, 1.165) is 0 Å². The van der Waals surface area contributed by atoms with Gasteiger partial charge in [-0.05, 0) is 132 Å². The third-order valence-corrected chi connectivity index (χ3v) is 20.0. The molecule has 1 aliphatic carbocycles. The largest absolute Gasteiger partial charge is 0.143 e. The molecule has 0 bridgehead atoms. The first kappa shape index (κ1) is 34.3. The molecule has 266 valence electrons. The summed E-state index contributed by atoms with van der Waals surface area (Å²) in [6, 6.07) is 50.9. The number of hydrogen-bond acceptors (Lipinski definition) is 8. The summed E-state index contributed by atoms with van der Waals surface area (Å²) in [5.74, 6) is 0. The van der Waals surface area contributed by atoms with E-state index in [0.29, 0.717) is 0 Å². The van der Waals surface area contributed by atoms with Crippen molar-refractivity contribution < 1.29 is 0 Å².